The van der Waals surface area contributed by atoms with Gasteiger partial charge in [0, 0.05) is 19.1 Å². The molecule has 0 heterocycles. The number of carbonyl (C=O) groups excluding carboxylic acids is 1. The predicted octanol–water partition coefficient (Wildman–Crippen LogP) is 0.573. The van der Waals surface area contributed by atoms with Crippen molar-refractivity contribution in [1.29, 1.82) is 0 Å². The summed E-state index contributed by atoms with van der Waals surface area (Å²) < 4.78 is 39.2. The molecule has 5 N–H and O–H groups in total. The van der Waals surface area contributed by atoms with E-state index < -0.39 is 33.9 Å². The van der Waals surface area contributed by atoms with Gasteiger partial charge in [-0.3, -0.25) is 4.79 Å². The van der Waals surface area contributed by atoms with Crippen molar-refractivity contribution in [1.82, 2.24) is 10.0 Å². The van der Waals surface area contributed by atoms with Crippen LogP contribution in [0.5, 0.6) is 0 Å². The van der Waals surface area contributed by atoms with Gasteiger partial charge in [0.05, 0.1) is 4.90 Å². The Hall–Kier alpha value is -2.04. The van der Waals surface area contributed by atoms with Gasteiger partial charge in [-0.1, -0.05) is 30.3 Å². The van der Waals surface area contributed by atoms with Crippen LogP contribution in [-0.4, -0.2) is 44.7 Å². The van der Waals surface area contributed by atoms with Gasteiger partial charge >= 0.3 is 0 Å². The summed E-state index contributed by atoms with van der Waals surface area (Å²) in [6.07, 6.45) is -1.09. The second-order valence-electron chi connectivity index (χ2n) is 5.94. The molecule has 10 heteroatoms. The van der Waals surface area contributed by atoms with Crippen LogP contribution in [0.25, 0.3) is 0 Å². The maximum absolute atomic E-state index is 12.9. The number of carbonyl (C=O) groups is 1. The zero-order valence-corrected chi connectivity index (χ0v) is 16.5. The van der Waals surface area contributed by atoms with Crippen molar-refractivity contribution in [3.63, 3.8) is 0 Å². The van der Waals surface area contributed by atoms with Crippen LogP contribution in [-0.2, 0) is 21.2 Å². The zero-order valence-electron chi connectivity index (χ0n) is 14.9. The number of halogens is 2. The van der Waals surface area contributed by atoms with Gasteiger partial charge in [0.1, 0.15) is 11.9 Å². The molecule has 7 nitrogen and oxygen atoms in total. The molecule has 0 aromatic heterocycles. The van der Waals surface area contributed by atoms with Crippen LogP contribution in [0.1, 0.15) is 5.56 Å². The molecule has 2 rings (SSSR count). The van der Waals surface area contributed by atoms with E-state index in [0.29, 0.717) is 6.42 Å². The number of hydrogen-bond donors (Lipinski definition) is 4. The Balaban J connectivity index is 0.00000392. The molecule has 2 atom stereocenters. The van der Waals surface area contributed by atoms with E-state index in [2.05, 4.69) is 10.0 Å². The average molecular weight is 432 g/mol. The first-order chi connectivity index (χ1) is 12.8. The number of aliphatic hydroxyl groups excluding tert-OH is 1. The SMILES string of the molecule is Cl.NC(Cc1ccccc1)C(O)C(=O)NCCNS(=O)(=O)c1ccc(F)cc1. The van der Waals surface area contributed by atoms with Gasteiger partial charge in [0.2, 0.25) is 10.0 Å². The number of benzene rings is 2. The third-order valence-corrected chi connectivity index (χ3v) is 5.31. The molecule has 0 aliphatic carbocycles. The minimum absolute atomic E-state index is 0. The van der Waals surface area contributed by atoms with Crippen LogP contribution < -0.4 is 15.8 Å². The molecule has 0 radical (unpaired) electrons. The topological polar surface area (TPSA) is 122 Å². The fourth-order valence-corrected chi connectivity index (χ4v) is 3.40. The van der Waals surface area contributed by atoms with Gasteiger partial charge in [0.15, 0.2) is 0 Å². The number of amides is 1. The summed E-state index contributed by atoms with van der Waals surface area (Å²) in [6, 6.07) is 12.8. The van der Waals surface area contributed by atoms with Crippen molar-refractivity contribution in [3.05, 3.63) is 66.0 Å². The Labute approximate surface area is 169 Å². The summed E-state index contributed by atoms with van der Waals surface area (Å²) in [5.74, 6) is -1.22. The summed E-state index contributed by atoms with van der Waals surface area (Å²) in [5, 5.41) is 12.4. The number of rotatable bonds is 9. The third-order valence-electron chi connectivity index (χ3n) is 3.83. The van der Waals surface area contributed by atoms with Crippen LogP contribution in [0, 0.1) is 5.82 Å². The van der Waals surface area contributed by atoms with Crippen molar-refractivity contribution >= 4 is 28.3 Å². The molecule has 0 aliphatic rings. The van der Waals surface area contributed by atoms with Crippen LogP contribution in [0.15, 0.2) is 59.5 Å². The maximum atomic E-state index is 12.9. The molecule has 0 fully saturated rings. The highest BCUT2D eigenvalue weighted by Gasteiger charge is 2.23. The molecule has 154 valence electrons. The van der Waals surface area contributed by atoms with Crippen molar-refractivity contribution in [2.24, 2.45) is 5.73 Å². The zero-order chi connectivity index (χ0) is 19.9. The maximum Gasteiger partial charge on any atom is 0.250 e. The Bertz CT molecular complexity index is 851. The number of nitrogens with one attached hydrogen (secondary N) is 2. The lowest BCUT2D eigenvalue weighted by Crippen LogP contribution is -2.48. The highest BCUT2D eigenvalue weighted by atomic mass is 35.5. The first kappa shape index (κ1) is 24.0. The molecule has 0 spiro atoms. The summed E-state index contributed by atoms with van der Waals surface area (Å²) in [6.45, 7) is -0.125. The highest BCUT2D eigenvalue weighted by Crippen LogP contribution is 2.09. The lowest BCUT2D eigenvalue weighted by molar-refractivity contribution is -0.130. The highest BCUT2D eigenvalue weighted by molar-refractivity contribution is 7.89. The summed E-state index contributed by atoms with van der Waals surface area (Å²) in [5.41, 5.74) is 6.75. The number of sulfonamides is 1. The lowest BCUT2D eigenvalue weighted by atomic mass is 10.0. The molecule has 2 aromatic rings. The van der Waals surface area contributed by atoms with Crippen molar-refractivity contribution in [2.45, 2.75) is 23.5 Å². The molecule has 2 unspecified atom stereocenters. The van der Waals surface area contributed by atoms with Crippen molar-refractivity contribution in [2.75, 3.05) is 13.1 Å². The van der Waals surface area contributed by atoms with E-state index in [1.54, 1.807) is 0 Å². The van der Waals surface area contributed by atoms with Gasteiger partial charge in [-0.05, 0) is 36.2 Å². The molecule has 2 aromatic carbocycles. The van der Waals surface area contributed by atoms with E-state index in [1.807, 2.05) is 30.3 Å². The molecular formula is C18H23ClFN3O4S. The normalized spacial score (nSPS) is 13.2. The van der Waals surface area contributed by atoms with Crippen LogP contribution >= 0.6 is 12.4 Å². The second-order valence-corrected chi connectivity index (χ2v) is 7.71. The molecule has 0 bridgehead atoms. The van der Waals surface area contributed by atoms with E-state index in [1.165, 1.54) is 0 Å². The minimum Gasteiger partial charge on any atom is -0.382 e. The molecule has 0 aliphatic heterocycles. The van der Waals surface area contributed by atoms with Crippen LogP contribution in [0.4, 0.5) is 4.39 Å². The smallest absolute Gasteiger partial charge is 0.250 e. The Morgan fingerprint density at radius 3 is 2.29 bits per heavy atom. The van der Waals surface area contributed by atoms with E-state index in [9.17, 15) is 22.7 Å². The third kappa shape index (κ3) is 7.17. The Morgan fingerprint density at radius 1 is 1.07 bits per heavy atom. The minimum atomic E-state index is -3.81. The molecular weight excluding hydrogens is 409 g/mol. The lowest BCUT2D eigenvalue weighted by Gasteiger charge is -2.18. The Morgan fingerprint density at radius 2 is 1.68 bits per heavy atom. The summed E-state index contributed by atoms with van der Waals surface area (Å²) in [4.78, 5) is 11.9. The van der Waals surface area contributed by atoms with Crippen molar-refractivity contribution in [3.8, 4) is 0 Å². The van der Waals surface area contributed by atoms with Crippen LogP contribution in [0.2, 0.25) is 0 Å². The number of aliphatic hydroxyl groups is 1. The quantitative estimate of drug-likeness (QED) is 0.432. The van der Waals surface area contributed by atoms with Gasteiger partial charge in [-0.15, -0.1) is 12.4 Å². The molecule has 0 saturated carbocycles. The van der Waals surface area contributed by atoms with E-state index >= 15 is 0 Å². The average Bonchev–Trinajstić information content (AvgIpc) is 2.65. The number of hydrogen-bond acceptors (Lipinski definition) is 5. The molecule has 0 saturated heterocycles. The standard InChI is InChI=1S/C18H22FN3O4S.ClH/c19-14-6-8-15(9-7-14)27(25,26)22-11-10-21-18(24)17(23)16(20)12-13-4-2-1-3-5-13;/h1-9,16-17,22-23H,10-12,20H2,(H,21,24);1H. The monoisotopic (exact) mass is 431 g/mol. The fourth-order valence-electron chi connectivity index (χ4n) is 2.37. The number of nitrogens with two attached hydrogens (primary N) is 1. The van der Waals surface area contributed by atoms with Gasteiger partial charge in [-0.25, -0.2) is 17.5 Å². The second kappa shape index (κ2) is 11.1. The first-order valence-electron chi connectivity index (χ1n) is 8.30. The van der Waals surface area contributed by atoms with E-state index in [4.69, 9.17) is 5.73 Å². The van der Waals surface area contributed by atoms with Gasteiger partial charge < -0.3 is 16.2 Å². The first-order valence-corrected chi connectivity index (χ1v) is 9.78. The predicted molar refractivity (Wildman–Crippen MR) is 106 cm³/mol. The molecule has 1 amide bonds. The van der Waals surface area contributed by atoms with Crippen molar-refractivity contribution < 1.29 is 22.7 Å². The van der Waals surface area contributed by atoms with Crippen LogP contribution in [0.3, 0.4) is 0 Å². The fraction of sp³-hybridized carbons (Fsp3) is 0.278. The largest absolute Gasteiger partial charge is 0.382 e. The van der Waals surface area contributed by atoms with E-state index in [0.717, 1.165) is 29.8 Å². The molecule has 28 heavy (non-hydrogen) atoms. The van der Waals surface area contributed by atoms with E-state index in [-0.39, 0.29) is 30.4 Å². The summed E-state index contributed by atoms with van der Waals surface area (Å²) in [7, 11) is -3.81. The van der Waals surface area contributed by atoms with Gasteiger partial charge in [-0.2, -0.15) is 0 Å². The Kier molecular flexibility index (Phi) is 9.50. The summed E-state index contributed by atoms with van der Waals surface area (Å²) >= 11 is 0. The van der Waals surface area contributed by atoms with Gasteiger partial charge in [0.25, 0.3) is 5.91 Å².